The zero-order chi connectivity index (χ0) is 13.3. The number of urea groups is 1. The molecule has 0 saturated heterocycles. The van der Waals surface area contributed by atoms with E-state index in [1.54, 1.807) is 14.1 Å². The van der Waals surface area contributed by atoms with Gasteiger partial charge in [-0.25, -0.2) is 34.4 Å². The van der Waals surface area contributed by atoms with Gasteiger partial charge in [-0.05, 0) is 24.4 Å². The number of carbonyl (C=O) groups is 1. The van der Waals surface area contributed by atoms with Crippen LogP contribution in [0.15, 0.2) is 12.7 Å². The summed E-state index contributed by atoms with van der Waals surface area (Å²) in [4.78, 5) is 11.7. The first-order chi connectivity index (χ1) is 8.49. The molecule has 2 aromatic heterocycles. The third kappa shape index (κ3) is 2.31. The predicted octanol–water partition coefficient (Wildman–Crippen LogP) is 0.123. The standard InChI is InChI=1S/C7H10N8OS2/c1-12-6(17)14(3-8-12)10-5(16)11-15-4-9-13(2)7(15)18/h3-4H,1-2H3,(H2,10,11,16). The van der Waals surface area contributed by atoms with Gasteiger partial charge in [-0.2, -0.15) is 10.2 Å². The smallest absolute Gasteiger partial charge is 0.245 e. The van der Waals surface area contributed by atoms with E-state index < -0.39 is 6.03 Å². The number of nitrogens with one attached hydrogen (secondary N) is 2. The van der Waals surface area contributed by atoms with E-state index in [-0.39, 0.29) is 0 Å². The number of rotatable bonds is 2. The molecule has 0 atom stereocenters. The van der Waals surface area contributed by atoms with Gasteiger partial charge in [0.25, 0.3) is 0 Å². The van der Waals surface area contributed by atoms with Gasteiger partial charge in [0, 0.05) is 14.1 Å². The summed E-state index contributed by atoms with van der Waals surface area (Å²) in [7, 11) is 3.35. The molecule has 18 heavy (non-hydrogen) atoms. The van der Waals surface area contributed by atoms with Crippen molar-refractivity contribution in [2.75, 3.05) is 10.9 Å². The molecule has 0 aliphatic carbocycles. The summed E-state index contributed by atoms with van der Waals surface area (Å²) in [5.41, 5.74) is 4.98. The SMILES string of the molecule is Cn1ncn(NC(=O)Nn2cnn(C)c2=S)c1=S. The summed E-state index contributed by atoms with van der Waals surface area (Å²) >= 11 is 10.0. The third-order valence-electron chi connectivity index (χ3n) is 2.09. The maximum Gasteiger partial charge on any atom is 0.353 e. The van der Waals surface area contributed by atoms with Gasteiger partial charge in [0.2, 0.25) is 9.54 Å². The number of aromatic nitrogens is 6. The van der Waals surface area contributed by atoms with E-state index in [9.17, 15) is 4.79 Å². The van der Waals surface area contributed by atoms with Crippen LogP contribution in [0.3, 0.4) is 0 Å². The Morgan fingerprint density at radius 1 is 1.06 bits per heavy atom. The molecule has 0 aromatic carbocycles. The minimum atomic E-state index is -0.511. The van der Waals surface area contributed by atoms with Gasteiger partial charge in [-0.3, -0.25) is 0 Å². The fourth-order valence-corrected chi connectivity index (χ4v) is 1.44. The maximum absolute atomic E-state index is 11.7. The molecule has 2 heterocycles. The Bertz CT molecular complexity index is 633. The summed E-state index contributed by atoms with van der Waals surface area (Å²) in [6.45, 7) is 0. The summed E-state index contributed by atoms with van der Waals surface area (Å²) in [5, 5.41) is 7.77. The lowest BCUT2D eigenvalue weighted by Crippen LogP contribution is -2.32. The molecule has 0 aliphatic rings. The number of amides is 2. The highest BCUT2D eigenvalue weighted by Gasteiger charge is 2.05. The van der Waals surface area contributed by atoms with Gasteiger partial charge in [0.1, 0.15) is 12.7 Å². The second-order valence-electron chi connectivity index (χ2n) is 3.37. The average Bonchev–Trinajstić information content (AvgIpc) is 2.80. The van der Waals surface area contributed by atoms with E-state index in [1.807, 2.05) is 0 Å². The molecule has 0 fully saturated rings. The molecule has 11 heteroatoms. The van der Waals surface area contributed by atoms with Crippen molar-refractivity contribution >= 4 is 30.5 Å². The van der Waals surface area contributed by atoms with Gasteiger partial charge in [0.05, 0.1) is 0 Å². The van der Waals surface area contributed by atoms with Crippen molar-refractivity contribution in [2.24, 2.45) is 14.1 Å². The van der Waals surface area contributed by atoms with Gasteiger partial charge < -0.3 is 0 Å². The predicted molar refractivity (Wildman–Crippen MR) is 68.2 cm³/mol. The van der Waals surface area contributed by atoms with Crippen molar-refractivity contribution < 1.29 is 4.79 Å². The molecule has 2 N–H and O–H groups in total. The summed E-state index contributed by atoms with van der Waals surface area (Å²) in [5.74, 6) is 0. The molecule has 0 unspecified atom stereocenters. The molecule has 0 aliphatic heterocycles. The van der Waals surface area contributed by atoms with Crippen LogP contribution in [0, 0.1) is 9.54 Å². The topological polar surface area (TPSA) is 86.6 Å². The van der Waals surface area contributed by atoms with E-state index in [1.165, 1.54) is 31.4 Å². The second kappa shape index (κ2) is 4.70. The minimum Gasteiger partial charge on any atom is -0.245 e. The molecule has 2 aromatic rings. The number of hydrogen-bond acceptors (Lipinski definition) is 5. The Kier molecular flexibility index (Phi) is 3.25. The molecule has 96 valence electrons. The first kappa shape index (κ1) is 12.4. The molecule has 0 spiro atoms. The lowest BCUT2D eigenvalue weighted by molar-refractivity contribution is 0.257. The molecule has 0 radical (unpaired) electrons. The van der Waals surface area contributed by atoms with Crippen molar-refractivity contribution in [1.82, 2.24) is 28.9 Å². The van der Waals surface area contributed by atoms with Crippen molar-refractivity contribution in [3.05, 3.63) is 22.2 Å². The second-order valence-corrected chi connectivity index (χ2v) is 4.10. The van der Waals surface area contributed by atoms with E-state index in [4.69, 9.17) is 24.4 Å². The van der Waals surface area contributed by atoms with E-state index in [2.05, 4.69) is 21.0 Å². The first-order valence-electron chi connectivity index (χ1n) is 4.78. The number of nitrogens with zero attached hydrogens (tertiary/aromatic N) is 6. The van der Waals surface area contributed by atoms with Crippen LogP contribution in [0.5, 0.6) is 0 Å². The first-order valence-corrected chi connectivity index (χ1v) is 5.60. The van der Waals surface area contributed by atoms with Crippen LogP contribution in [0.4, 0.5) is 4.79 Å². The summed E-state index contributed by atoms with van der Waals surface area (Å²) in [6, 6.07) is -0.511. The van der Waals surface area contributed by atoms with Crippen LogP contribution in [-0.4, -0.2) is 34.9 Å². The third-order valence-corrected chi connectivity index (χ3v) is 3.01. The van der Waals surface area contributed by atoms with Crippen LogP contribution in [0.25, 0.3) is 0 Å². The van der Waals surface area contributed by atoms with Gasteiger partial charge in [-0.1, -0.05) is 0 Å². The van der Waals surface area contributed by atoms with Crippen LogP contribution < -0.4 is 10.9 Å². The normalized spacial score (nSPS) is 10.3. The lowest BCUT2D eigenvalue weighted by Gasteiger charge is -2.07. The summed E-state index contributed by atoms with van der Waals surface area (Å²) in [6.07, 6.45) is 2.79. The highest BCUT2D eigenvalue weighted by Crippen LogP contribution is 1.90. The van der Waals surface area contributed by atoms with Crippen molar-refractivity contribution in [2.45, 2.75) is 0 Å². The largest absolute Gasteiger partial charge is 0.353 e. The number of carbonyl (C=O) groups excluding carboxylic acids is 1. The molecular formula is C7H10N8OS2. The fourth-order valence-electron chi connectivity index (χ4n) is 1.16. The Balaban J connectivity index is 2.10. The zero-order valence-electron chi connectivity index (χ0n) is 9.56. The van der Waals surface area contributed by atoms with Crippen LogP contribution in [0.1, 0.15) is 0 Å². The van der Waals surface area contributed by atoms with Crippen LogP contribution >= 0.6 is 24.4 Å². The van der Waals surface area contributed by atoms with Crippen molar-refractivity contribution in [3.63, 3.8) is 0 Å². The molecule has 2 amide bonds. The van der Waals surface area contributed by atoms with Crippen molar-refractivity contribution in [3.8, 4) is 0 Å². The summed E-state index contributed by atoms with van der Waals surface area (Å²) < 4.78 is 6.24. The fraction of sp³-hybridized carbons (Fsp3) is 0.286. The molecule has 9 nitrogen and oxygen atoms in total. The highest BCUT2D eigenvalue weighted by molar-refractivity contribution is 7.71. The van der Waals surface area contributed by atoms with Gasteiger partial charge >= 0.3 is 6.03 Å². The van der Waals surface area contributed by atoms with E-state index >= 15 is 0 Å². The molecule has 0 bridgehead atoms. The molecule has 2 rings (SSSR count). The lowest BCUT2D eigenvalue weighted by atomic mass is 11.0. The van der Waals surface area contributed by atoms with Gasteiger partial charge in [0.15, 0.2) is 0 Å². The monoisotopic (exact) mass is 286 g/mol. The maximum atomic E-state index is 11.7. The Labute approximate surface area is 112 Å². The van der Waals surface area contributed by atoms with E-state index in [0.29, 0.717) is 9.54 Å². The van der Waals surface area contributed by atoms with Crippen LogP contribution in [0.2, 0.25) is 0 Å². The van der Waals surface area contributed by atoms with Crippen LogP contribution in [-0.2, 0) is 14.1 Å². The Hall–Kier alpha value is -2.01. The van der Waals surface area contributed by atoms with Gasteiger partial charge in [-0.15, -0.1) is 0 Å². The quantitative estimate of drug-likeness (QED) is 0.766. The van der Waals surface area contributed by atoms with Crippen molar-refractivity contribution in [1.29, 1.82) is 0 Å². The zero-order valence-corrected chi connectivity index (χ0v) is 11.2. The Morgan fingerprint density at radius 2 is 1.44 bits per heavy atom. The minimum absolute atomic E-state index is 0.361. The number of hydrogen-bond donors (Lipinski definition) is 2. The number of aryl methyl sites for hydroxylation is 2. The van der Waals surface area contributed by atoms with E-state index in [0.717, 1.165) is 0 Å². The average molecular weight is 286 g/mol. The highest BCUT2D eigenvalue weighted by atomic mass is 32.1. The molecular weight excluding hydrogens is 276 g/mol. The molecule has 0 saturated carbocycles. The Morgan fingerprint density at radius 3 is 1.72 bits per heavy atom.